The highest BCUT2D eigenvalue weighted by atomic mass is 16.5. The van der Waals surface area contributed by atoms with Crippen LogP contribution in [0.1, 0.15) is 23.4 Å². The standard InChI is InChI=1S/C16H17NO3/c18-16(17-10-14-7-4-8-19-14)15-9-13(11-20-15)12-5-2-1-3-6-12/h1-3,5-6,9,11,14H,4,7-8,10H2,(H,17,18). The molecular weight excluding hydrogens is 254 g/mol. The van der Waals surface area contributed by atoms with Gasteiger partial charge in [0.05, 0.1) is 12.4 Å². The third kappa shape index (κ3) is 2.91. The number of hydrogen-bond acceptors (Lipinski definition) is 3. The molecule has 0 radical (unpaired) electrons. The molecule has 20 heavy (non-hydrogen) atoms. The molecule has 1 atom stereocenters. The van der Waals surface area contributed by atoms with E-state index in [9.17, 15) is 4.79 Å². The summed E-state index contributed by atoms with van der Waals surface area (Å²) >= 11 is 0. The summed E-state index contributed by atoms with van der Waals surface area (Å²) in [6.45, 7) is 1.33. The minimum absolute atomic E-state index is 0.141. The molecule has 0 spiro atoms. The van der Waals surface area contributed by atoms with E-state index in [-0.39, 0.29) is 12.0 Å². The maximum Gasteiger partial charge on any atom is 0.287 e. The van der Waals surface area contributed by atoms with Crippen LogP contribution >= 0.6 is 0 Å². The lowest BCUT2D eigenvalue weighted by atomic mass is 10.1. The molecule has 3 rings (SSSR count). The van der Waals surface area contributed by atoms with Crippen LogP contribution in [-0.4, -0.2) is 25.2 Å². The monoisotopic (exact) mass is 271 g/mol. The van der Waals surface area contributed by atoms with E-state index in [1.54, 1.807) is 12.3 Å². The summed E-state index contributed by atoms with van der Waals surface area (Å²) < 4.78 is 10.8. The first-order valence-corrected chi connectivity index (χ1v) is 6.87. The number of hydrogen-bond donors (Lipinski definition) is 1. The second-order valence-electron chi connectivity index (χ2n) is 4.91. The van der Waals surface area contributed by atoms with Crippen LogP contribution in [0.3, 0.4) is 0 Å². The van der Waals surface area contributed by atoms with E-state index in [4.69, 9.17) is 9.15 Å². The molecular formula is C16H17NO3. The zero-order valence-corrected chi connectivity index (χ0v) is 11.2. The van der Waals surface area contributed by atoms with Crippen molar-refractivity contribution in [3.05, 3.63) is 48.4 Å². The van der Waals surface area contributed by atoms with E-state index >= 15 is 0 Å². The highest BCUT2D eigenvalue weighted by Crippen LogP contribution is 2.21. The topological polar surface area (TPSA) is 51.5 Å². The summed E-state index contributed by atoms with van der Waals surface area (Å²) in [5.41, 5.74) is 1.95. The highest BCUT2D eigenvalue weighted by molar-refractivity contribution is 5.92. The molecule has 1 unspecified atom stereocenters. The largest absolute Gasteiger partial charge is 0.459 e. The van der Waals surface area contributed by atoms with Crippen LogP contribution < -0.4 is 5.32 Å². The Balaban J connectivity index is 1.62. The zero-order chi connectivity index (χ0) is 13.8. The van der Waals surface area contributed by atoms with Gasteiger partial charge < -0.3 is 14.5 Å². The van der Waals surface area contributed by atoms with Crippen LogP contribution in [0, 0.1) is 0 Å². The first kappa shape index (κ1) is 12.9. The van der Waals surface area contributed by atoms with Crippen molar-refractivity contribution in [2.45, 2.75) is 18.9 Å². The lowest BCUT2D eigenvalue weighted by Gasteiger charge is -2.09. The van der Waals surface area contributed by atoms with Gasteiger partial charge in [0.2, 0.25) is 0 Å². The summed E-state index contributed by atoms with van der Waals surface area (Å²) in [5.74, 6) is 0.143. The van der Waals surface area contributed by atoms with Crippen LogP contribution in [0.15, 0.2) is 47.1 Å². The van der Waals surface area contributed by atoms with E-state index in [2.05, 4.69) is 5.32 Å². The van der Waals surface area contributed by atoms with Gasteiger partial charge in [-0.1, -0.05) is 30.3 Å². The maximum absolute atomic E-state index is 12.0. The molecule has 2 heterocycles. The van der Waals surface area contributed by atoms with Gasteiger partial charge in [0, 0.05) is 18.7 Å². The summed E-state index contributed by atoms with van der Waals surface area (Å²) in [6, 6.07) is 11.6. The zero-order valence-electron chi connectivity index (χ0n) is 11.2. The van der Waals surface area contributed by atoms with Crippen LogP contribution in [0.4, 0.5) is 0 Å². The van der Waals surface area contributed by atoms with E-state index in [1.807, 2.05) is 30.3 Å². The van der Waals surface area contributed by atoms with Crippen molar-refractivity contribution in [1.82, 2.24) is 5.32 Å². The molecule has 4 nitrogen and oxygen atoms in total. The van der Waals surface area contributed by atoms with Gasteiger partial charge in [0.1, 0.15) is 0 Å². The van der Waals surface area contributed by atoms with E-state index < -0.39 is 0 Å². The first-order valence-electron chi connectivity index (χ1n) is 6.87. The second-order valence-corrected chi connectivity index (χ2v) is 4.91. The van der Waals surface area contributed by atoms with Crippen molar-refractivity contribution in [3.8, 4) is 11.1 Å². The van der Waals surface area contributed by atoms with Crippen molar-refractivity contribution < 1.29 is 13.9 Å². The summed E-state index contributed by atoms with van der Waals surface area (Å²) in [7, 11) is 0. The van der Waals surface area contributed by atoms with Crippen molar-refractivity contribution in [2.24, 2.45) is 0 Å². The lowest BCUT2D eigenvalue weighted by molar-refractivity contribution is 0.0835. The molecule has 1 N–H and O–H groups in total. The molecule has 0 saturated carbocycles. The van der Waals surface area contributed by atoms with Crippen molar-refractivity contribution >= 4 is 5.91 Å². The quantitative estimate of drug-likeness (QED) is 0.930. The van der Waals surface area contributed by atoms with E-state index in [1.165, 1.54) is 0 Å². The third-order valence-electron chi connectivity index (χ3n) is 3.44. The summed E-state index contributed by atoms with van der Waals surface area (Å²) in [6.07, 6.45) is 3.83. The number of rotatable bonds is 4. The normalized spacial score (nSPS) is 18.1. The van der Waals surface area contributed by atoms with Crippen molar-refractivity contribution in [3.63, 3.8) is 0 Å². The minimum atomic E-state index is -0.192. The Bertz CT molecular complexity index is 570. The van der Waals surface area contributed by atoms with E-state index in [0.29, 0.717) is 12.3 Å². The van der Waals surface area contributed by atoms with Crippen LogP contribution in [0.2, 0.25) is 0 Å². The van der Waals surface area contributed by atoms with Gasteiger partial charge in [0.15, 0.2) is 5.76 Å². The molecule has 104 valence electrons. The first-order chi connectivity index (χ1) is 9.83. The Morgan fingerprint density at radius 3 is 2.85 bits per heavy atom. The smallest absolute Gasteiger partial charge is 0.287 e. The van der Waals surface area contributed by atoms with Crippen LogP contribution in [0.5, 0.6) is 0 Å². The fourth-order valence-corrected chi connectivity index (χ4v) is 2.34. The number of benzene rings is 1. The van der Waals surface area contributed by atoms with Crippen molar-refractivity contribution in [1.29, 1.82) is 0 Å². The Morgan fingerprint density at radius 2 is 2.10 bits per heavy atom. The van der Waals surface area contributed by atoms with Gasteiger partial charge in [0.25, 0.3) is 5.91 Å². The molecule has 1 saturated heterocycles. The Kier molecular flexibility index (Phi) is 3.83. The SMILES string of the molecule is O=C(NCC1CCCO1)c1cc(-c2ccccc2)co1. The molecule has 0 aliphatic carbocycles. The minimum Gasteiger partial charge on any atom is -0.459 e. The lowest BCUT2D eigenvalue weighted by Crippen LogP contribution is -2.31. The van der Waals surface area contributed by atoms with Gasteiger partial charge >= 0.3 is 0 Å². The molecule has 1 fully saturated rings. The fourth-order valence-electron chi connectivity index (χ4n) is 2.34. The second kappa shape index (κ2) is 5.92. The summed E-state index contributed by atoms with van der Waals surface area (Å²) in [5, 5.41) is 2.85. The molecule has 1 aliphatic rings. The molecule has 0 bridgehead atoms. The molecule has 1 aromatic heterocycles. The molecule has 1 amide bonds. The van der Waals surface area contributed by atoms with E-state index in [0.717, 1.165) is 30.6 Å². The van der Waals surface area contributed by atoms with Gasteiger partial charge in [-0.15, -0.1) is 0 Å². The van der Waals surface area contributed by atoms with Crippen LogP contribution in [0.25, 0.3) is 11.1 Å². The Labute approximate surface area is 117 Å². The van der Waals surface area contributed by atoms with Crippen molar-refractivity contribution in [2.75, 3.05) is 13.2 Å². The number of ether oxygens (including phenoxy) is 1. The number of nitrogens with one attached hydrogen (secondary N) is 1. The average Bonchev–Trinajstić information content (AvgIpc) is 3.17. The number of carbonyl (C=O) groups excluding carboxylic acids is 1. The van der Waals surface area contributed by atoms with Gasteiger partial charge in [-0.25, -0.2) is 0 Å². The molecule has 2 aromatic rings. The number of furan rings is 1. The predicted octanol–water partition coefficient (Wildman–Crippen LogP) is 2.86. The highest BCUT2D eigenvalue weighted by Gasteiger charge is 2.18. The third-order valence-corrected chi connectivity index (χ3v) is 3.44. The number of amides is 1. The molecule has 1 aromatic carbocycles. The van der Waals surface area contributed by atoms with Gasteiger partial charge in [-0.2, -0.15) is 0 Å². The maximum atomic E-state index is 12.0. The van der Waals surface area contributed by atoms with Gasteiger partial charge in [-0.3, -0.25) is 4.79 Å². The Morgan fingerprint density at radius 1 is 1.25 bits per heavy atom. The fraction of sp³-hybridized carbons (Fsp3) is 0.312. The summed E-state index contributed by atoms with van der Waals surface area (Å²) in [4.78, 5) is 12.0. The predicted molar refractivity (Wildman–Crippen MR) is 75.5 cm³/mol. The molecule has 1 aliphatic heterocycles. The van der Waals surface area contributed by atoms with Crippen LogP contribution in [-0.2, 0) is 4.74 Å². The average molecular weight is 271 g/mol. The Hall–Kier alpha value is -2.07. The molecule has 4 heteroatoms. The number of carbonyl (C=O) groups is 1. The van der Waals surface area contributed by atoms with Gasteiger partial charge in [-0.05, 0) is 24.5 Å².